The number of hydrogen-bond donors (Lipinski definition) is 0. The highest BCUT2D eigenvalue weighted by atomic mass is 19.4. The van der Waals surface area contributed by atoms with Gasteiger partial charge in [-0.3, -0.25) is 4.79 Å². The molecule has 0 radical (unpaired) electrons. The van der Waals surface area contributed by atoms with E-state index in [0.717, 1.165) is 22.9 Å². The topological polar surface area (TPSA) is 46.6 Å². The lowest BCUT2D eigenvalue weighted by molar-refractivity contribution is -0.138. The molecule has 1 aliphatic rings. The van der Waals surface area contributed by atoms with Crippen molar-refractivity contribution in [2.75, 3.05) is 11.4 Å². The third kappa shape index (κ3) is 4.71. The molecule has 3 aromatic carbocycles. The van der Waals surface area contributed by atoms with Crippen LogP contribution in [0.1, 0.15) is 50.0 Å². The Balaban J connectivity index is 2.00. The van der Waals surface area contributed by atoms with E-state index >= 15 is 0 Å². The van der Waals surface area contributed by atoms with E-state index in [-0.39, 0.29) is 23.9 Å². The third-order valence-electron chi connectivity index (χ3n) is 5.82. The normalized spacial score (nSPS) is 19.1. The number of fused-ring (bicyclic) bond motifs is 2. The van der Waals surface area contributed by atoms with Crippen LogP contribution >= 0.6 is 0 Å². The lowest BCUT2D eigenvalue weighted by Gasteiger charge is -2.31. The molecule has 0 aromatic heterocycles. The number of anilines is 1. The number of halogens is 3. The minimum absolute atomic E-state index is 0.194. The highest BCUT2D eigenvalue weighted by Crippen LogP contribution is 2.44. The first-order valence-electron chi connectivity index (χ1n) is 11.1. The monoisotopic (exact) mass is 469 g/mol. The van der Waals surface area contributed by atoms with Crippen molar-refractivity contribution < 1.29 is 27.5 Å². The molecular weight excluding hydrogens is 443 g/mol. The number of alkyl halides is 3. The minimum atomic E-state index is -4.56. The van der Waals surface area contributed by atoms with Gasteiger partial charge in [0.1, 0.15) is 18.5 Å². The van der Waals surface area contributed by atoms with Crippen LogP contribution in [0.5, 0.6) is 0 Å². The Morgan fingerprint density at radius 1 is 0.971 bits per heavy atom. The molecule has 1 aliphatic heterocycles. The van der Waals surface area contributed by atoms with Gasteiger partial charge in [-0.2, -0.15) is 13.2 Å². The van der Waals surface area contributed by atoms with E-state index in [1.807, 2.05) is 57.2 Å². The SMILES string of the molecule is CC(C)(C)CN1C(=O)[C@H](CC=O)O[C@@H](c2cccc3ccccc23)c2cc(C(F)(F)F)ccc21. The fourth-order valence-electron chi connectivity index (χ4n) is 4.38. The summed E-state index contributed by atoms with van der Waals surface area (Å²) in [6, 6.07) is 16.4. The van der Waals surface area contributed by atoms with Gasteiger partial charge in [0.15, 0.2) is 0 Å². The lowest BCUT2D eigenvalue weighted by atomic mass is 9.92. The van der Waals surface area contributed by atoms with Crippen LogP contribution in [0.3, 0.4) is 0 Å². The van der Waals surface area contributed by atoms with Gasteiger partial charge in [-0.15, -0.1) is 0 Å². The first kappa shape index (κ1) is 24.0. The maximum Gasteiger partial charge on any atom is 0.416 e. The number of benzene rings is 3. The predicted molar refractivity (Wildman–Crippen MR) is 125 cm³/mol. The Morgan fingerprint density at radius 2 is 1.68 bits per heavy atom. The van der Waals surface area contributed by atoms with Crippen molar-refractivity contribution in [3.05, 3.63) is 77.4 Å². The molecule has 0 aliphatic carbocycles. The van der Waals surface area contributed by atoms with E-state index in [9.17, 15) is 22.8 Å². The first-order chi connectivity index (χ1) is 16.0. The zero-order valence-electron chi connectivity index (χ0n) is 19.2. The summed E-state index contributed by atoms with van der Waals surface area (Å²) in [6.07, 6.45) is -6.24. The van der Waals surface area contributed by atoms with Crippen LogP contribution in [-0.2, 0) is 20.5 Å². The molecule has 1 amide bonds. The number of aldehydes is 1. The van der Waals surface area contributed by atoms with Crippen LogP contribution < -0.4 is 4.90 Å². The standard InChI is InChI=1S/C27H26F3NO3/c1-26(2,3)16-31-22-12-11-18(27(28,29)30)15-21(22)24(34-23(13-14-32)25(31)33)20-10-6-8-17-7-4-5-9-19(17)20/h4-12,14-15,23-24H,13,16H2,1-3H3/t23-,24-/m0/s1. The summed E-state index contributed by atoms with van der Waals surface area (Å²) in [5.74, 6) is -0.439. The fraction of sp³-hybridized carbons (Fsp3) is 0.333. The zero-order chi connectivity index (χ0) is 24.7. The summed E-state index contributed by atoms with van der Waals surface area (Å²) in [4.78, 5) is 26.4. The van der Waals surface area contributed by atoms with E-state index in [4.69, 9.17) is 4.74 Å². The van der Waals surface area contributed by atoms with E-state index in [1.54, 1.807) is 6.07 Å². The van der Waals surface area contributed by atoms with Crippen molar-refractivity contribution in [2.45, 2.75) is 45.6 Å². The van der Waals surface area contributed by atoms with Crippen LogP contribution in [0.25, 0.3) is 10.8 Å². The van der Waals surface area contributed by atoms with Crippen molar-refractivity contribution in [1.29, 1.82) is 0 Å². The Hall–Kier alpha value is -3.19. The highest BCUT2D eigenvalue weighted by molar-refractivity contribution is 5.99. The number of hydrogen-bond acceptors (Lipinski definition) is 3. The number of rotatable bonds is 4. The molecule has 0 N–H and O–H groups in total. The molecule has 4 nitrogen and oxygen atoms in total. The average Bonchev–Trinajstić information content (AvgIpc) is 2.88. The fourth-order valence-corrected chi connectivity index (χ4v) is 4.38. The largest absolute Gasteiger partial charge is 0.416 e. The number of ether oxygens (including phenoxy) is 1. The summed E-state index contributed by atoms with van der Waals surface area (Å²) in [6.45, 7) is 6.07. The van der Waals surface area contributed by atoms with E-state index in [2.05, 4.69) is 0 Å². The van der Waals surface area contributed by atoms with Gasteiger partial charge in [0.25, 0.3) is 5.91 Å². The van der Waals surface area contributed by atoms with Gasteiger partial charge in [-0.25, -0.2) is 0 Å². The molecule has 0 saturated carbocycles. The van der Waals surface area contributed by atoms with Gasteiger partial charge in [0.05, 0.1) is 5.56 Å². The van der Waals surface area contributed by atoms with Crippen LogP contribution in [0.15, 0.2) is 60.7 Å². The van der Waals surface area contributed by atoms with Crippen LogP contribution in [0.4, 0.5) is 18.9 Å². The molecule has 1 heterocycles. The molecule has 34 heavy (non-hydrogen) atoms. The molecule has 0 unspecified atom stereocenters. The van der Waals surface area contributed by atoms with Gasteiger partial charge in [-0.1, -0.05) is 63.2 Å². The van der Waals surface area contributed by atoms with Crippen LogP contribution in [0.2, 0.25) is 0 Å². The molecule has 7 heteroatoms. The number of carbonyl (C=O) groups is 2. The smallest absolute Gasteiger partial charge is 0.355 e. The first-order valence-corrected chi connectivity index (χ1v) is 11.1. The minimum Gasteiger partial charge on any atom is -0.355 e. The Bertz CT molecular complexity index is 1220. The second-order valence-corrected chi connectivity index (χ2v) is 9.73. The number of carbonyl (C=O) groups excluding carboxylic acids is 2. The number of nitrogens with zero attached hydrogens (tertiary/aromatic N) is 1. The second kappa shape index (κ2) is 8.87. The molecule has 0 fully saturated rings. The molecule has 4 rings (SSSR count). The van der Waals surface area contributed by atoms with Gasteiger partial charge in [-0.05, 0) is 39.9 Å². The van der Waals surface area contributed by atoms with Crippen molar-refractivity contribution >= 4 is 28.7 Å². The number of amides is 1. The molecule has 178 valence electrons. The van der Waals surface area contributed by atoms with Crippen LogP contribution in [0, 0.1) is 5.41 Å². The van der Waals surface area contributed by atoms with Crippen molar-refractivity contribution in [2.24, 2.45) is 5.41 Å². The third-order valence-corrected chi connectivity index (χ3v) is 5.82. The average molecular weight is 470 g/mol. The van der Waals surface area contributed by atoms with E-state index in [1.165, 1.54) is 11.0 Å². The van der Waals surface area contributed by atoms with Gasteiger partial charge in [0.2, 0.25) is 0 Å². The maximum atomic E-state index is 13.7. The second-order valence-electron chi connectivity index (χ2n) is 9.73. The van der Waals surface area contributed by atoms with Crippen molar-refractivity contribution in [3.8, 4) is 0 Å². The quantitative estimate of drug-likeness (QED) is 0.421. The summed E-state index contributed by atoms with van der Waals surface area (Å²) in [7, 11) is 0. The predicted octanol–water partition coefficient (Wildman–Crippen LogP) is 6.31. The van der Waals surface area contributed by atoms with Crippen molar-refractivity contribution in [1.82, 2.24) is 0 Å². The molecular formula is C27H26F3NO3. The summed E-state index contributed by atoms with van der Waals surface area (Å²) in [5, 5.41) is 1.70. The van der Waals surface area contributed by atoms with Gasteiger partial charge < -0.3 is 14.4 Å². The Kier molecular flexibility index (Phi) is 6.25. The molecule has 2 atom stereocenters. The lowest BCUT2D eigenvalue weighted by Crippen LogP contribution is -2.43. The maximum absolute atomic E-state index is 13.7. The van der Waals surface area contributed by atoms with Crippen molar-refractivity contribution in [3.63, 3.8) is 0 Å². The Morgan fingerprint density at radius 3 is 2.35 bits per heavy atom. The van der Waals surface area contributed by atoms with Crippen LogP contribution in [-0.4, -0.2) is 24.8 Å². The Labute approximate surface area is 196 Å². The molecule has 0 saturated heterocycles. The summed E-state index contributed by atoms with van der Waals surface area (Å²) < 4.78 is 47.4. The zero-order valence-corrected chi connectivity index (χ0v) is 19.2. The molecule has 0 spiro atoms. The molecule has 3 aromatic rings. The van der Waals surface area contributed by atoms with E-state index in [0.29, 0.717) is 17.5 Å². The van der Waals surface area contributed by atoms with Gasteiger partial charge in [0, 0.05) is 24.2 Å². The van der Waals surface area contributed by atoms with Gasteiger partial charge >= 0.3 is 6.18 Å². The molecule has 0 bridgehead atoms. The summed E-state index contributed by atoms with van der Waals surface area (Å²) >= 11 is 0. The highest BCUT2D eigenvalue weighted by Gasteiger charge is 2.40. The summed E-state index contributed by atoms with van der Waals surface area (Å²) in [5.41, 5.74) is 0.0779. The van der Waals surface area contributed by atoms with E-state index < -0.39 is 29.9 Å².